The van der Waals surface area contributed by atoms with E-state index in [1.54, 1.807) is 29.9 Å². The fraction of sp³-hybridized carbons (Fsp3) is 0.0714. The molecular formula is C14H13N3O2S2. The van der Waals surface area contributed by atoms with Crippen LogP contribution in [0.3, 0.4) is 0 Å². The van der Waals surface area contributed by atoms with Crippen LogP contribution in [-0.4, -0.2) is 13.4 Å². The van der Waals surface area contributed by atoms with E-state index in [2.05, 4.69) is 9.71 Å². The summed E-state index contributed by atoms with van der Waals surface area (Å²) in [4.78, 5) is 5.02. The van der Waals surface area contributed by atoms with Crippen molar-refractivity contribution >= 4 is 37.8 Å². The maximum Gasteiger partial charge on any atom is 0.241 e. The first-order valence-electron chi connectivity index (χ1n) is 6.22. The van der Waals surface area contributed by atoms with Crippen LogP contribution in [0.25, 0.3) is 10.8 Å². The van der Waals surface area contributed by atoms with Crippen LogP contribution < -0.4 is 10.5 Å². The van der Waals surface area contributed by atoms with E-state index in [0.29, 0.717) is 11.1 Å². The van der Waals surface area contributed by atoms with Gasteiger partial charge in [0.15, 0.2) is 0 Å². The van der Waals surface area contributed by atoms with E-state index in [9.17, 15) is 8.42 Å². The van der Waals surface area contributed by atoms with Crippen molar-refractivity contribution in [2.24, 2.45) is 0 Å². The number of nitrogens with zero attached hydrogens (tertiary/aromatic N) is 1. The smallest absolute Gasteiger partial charge is 0.241 e. The predicted octanol–water partition coefficient (Wildman–Crippen LogP) is 2.36. The lowest BCUT2D eigenvalue weighted by Gasteiger charge is -2.10. The molecule has 0 amide bonds. The van der Waals surface area contributed by atoms with Gasteiger partial charge in [-0.25, -0.2) is 13.1 Å². The van der Waals surface area contributed by atoms with Crippen LogP contribution in [0, 0.1) is 0 Å². The fourth-order valence-corrected chi connectivity index (χ4v) is 3.94. The molecule has 2 aromatic carbocycles. The number of nitrogens with two attached hydrogens (primary N) is 1. The van der Waals surface area contributed by atoms with Gasteiger partial charge in [0.2, 0.25) is 10.0 Å². The molecule has 3 aromatic rings. The molecule has 0 aliphatic rings. The Morgan fingerprint density at radius 1 is 1.14 bits per heavy atom. The molecule has 1 aromatic heterocycles. The second-order valence-corrected chi connectivity index (χ2v) is 7.20. The predicted molar refractivity (Wildman–Crippen MR) is 84.5 cm³/mol. The molecule has 0 saturated carbocycles. The van der Waals surface area contributed by atoms with Gasteiger partial charge in [-0.15, -0.1) is 11.3 Å². The molecule has 3 rings (SSSR count). The van der Waals surface area contributed by atoms with Gasteiger partial charge in [-0.3, -0.25) is 4.98 Å². The van der Waals surface area contributed by atoms with Crippen molar-refractivity contribution in [2.75, 3.05) is 5.73 Å². The molecule has 7 heteroatoms. The summed E-state index contributed by atoms with van der Waals surface area (Å²) in [6.45, 7) is 0.228. The summed E-state index contributed by atoms with van der Waals surface area (Å²) in [6, 6.07) is 10.3. The monoisotopic (exact) mass is 319 g/mol. The van der Waals surface area contributed by atoms with Gasteiger partial charge in [0.25, 0.3) is 0 Å². The summed E-state index contributed by atoms with van der Waals surface area (Å²) in [6.07, 6.45) is 1.65. The maximum absolute atomic E-state index is 12.5. The zero-order chi connectivity index (χ0) is 14.9. The highest BCUT2D eigenvalue weighted by atomic mass is 32.2. The van der Waals surface area contributed by atoms with Gasteiger partial charge in [-0.2, -0.15) is 0 Å². The van der Waals surface area contributed by atoms with E-state index >= 15 is 0 Å². The highest BCUT2D eigenvalue weighted by molar-refractivity contribution is 7.89. The lowest BCUT2D eigenvalue weighted by molar-refractivity contribution is 0.582. The average molecular weight is 319 g/mol. The van der Waals surface area contributed by atoms with Crippen molar-refractivity contribution in [1.82, 2.24) is 9.71 Å². The minimum absolute atomic E-state index is 0.228. The van der Waals surface area contributed by atoms with Crippen LogP contribution in [0.1, 0.15) is 4.88 Å². The molecule has 108 valence electrons. The van der Waals surface area contributed by atoms with E-state index in [4.69, 9.17) is 5.73 Å². The quantitative estimate of drug-likeness (QED) is 0.723. The largest absolute Gasteiger partial charge is 0.398 e. The Morgan fingerprint density at radius 3 is 2.62 bits per heavy atom. The van der Waals surface area contributed by atoms with Gasteiger partial charge in [0, 0.05) is 34.1 Å². The van der Waals surface area contributed by atoms with Gasteiger partial charge >= 0.3 is 0 Å². The van der Waals surface area contributed by atoms with Crippen molar-refractivity contribution in [3.63, 3.8) is 0 Å². The minimum atomic E-state index is -3.61. The lowest BCUT2D eigenvalue weighted by atomic mass is 10.1. The number of benzene rings is 2. The number of thiazole rings is 1. The number of hydrogen-bond acceptors (Lipinski definition) is 5. The Labute approximate surface area is 126 Å². The van der Waals surface area contributed by atoms with E-state index < -0.39 is 10.0 Å². The average Bonchev–Trinajstić information content (AvgIpc) is 2.99. The number of hydrogen-bond donors (Lipinski definition) is 2. The number of nitrogen functional groups attached to an aromatic ring is 1. The molecule has 3 N–H and O–H groups in total. The highest BCUT2D eigenvalue weighted by Gasteiger charge is 2.18. The van der Waals surface area contributed by atoms with Crippen LogP contribution in [-0.2, 0) is 16.6 Å². The molecule has 0 fully saturated rings. The first-order chi connectivity index (χ1) is 10.1. The topological polar surface area (TPSA) is 85.1 Å². The van der Waals surface area contributed by atoms with E-state index in [1.165, 1.54) is 17.4 Å². The molecule has 0 bridgehead atoms. The molecule has 0 radical (unpaired) electrons. The van der Waals surface area contributed by atoms with Crippen molar-refractivity contribution in [2.45, 2.75) is 11.4 Å². The molecule has 0 atom stereocenters. The normalized spacial score (nSPS) is 11.8. The molecule has 5 nitrogen and oxygen atoms in total. The number of rotatable bonds is 4. The molecule has 0 saturated heterocycles. The molecule has 0 aliphatic heterocycles. The van der Waals surface area contributed by atoms with Crippen molar-refractivity contribution in [3.8, 4) is 0 Å². The summed E-state index contributed by atoms with van der Waals surface area (Å²) < 4.78 is 27.6. The van der Waals surface area contributed by atoms with Gasteiger partial charge in [-0.1, -0.05) is 24.3 Å². The van der Waals surface area contributed by atoms with Gasteiger partial charge in [0.1, 0.15) is 0 Å². The molecular weight excluding hydrogens is 306 g/mol. The van der Waals surface area contributed by atoms with Crippen LogP contribution in [0.2, 0.25) is 0 Å². The number of sulfonamides is 1. The van der Waals surface area contributed by atoms with Crippen LogP contribution in [0.15, 0.2) is 53.0 Å². The third kappa shape index (κ3) is 2.76. The zero-order valence-electron chi connectivity index (χ0n) is 11.0. The SMILES string of the molecule is Nc1ccc(S(=O)(=O)NCc2cncs2)c2ccccc12. The maximum atomic E-state index is 12.5. The second-order valence-electron chi connectivity index (χ2n) is 4.49. The Bertz CT molecular complexity index is 874. The molecule has 21 heavy (non-hydrogen) atoms. The molecule has 0 spiro atoms. The van der Waals surface area contributed by atoms with E-state index in [1.807, 2.05) is 12.1 Å². The minimum Gasteiger partial charge on any atom is -0.398 e. The van der Waals surface area contributed by atoms with Gasteiger partial charge in [-0.05, 0) is 12.1 Å². The number of anilines is 1. The van der Waals surface area contributed by atoms with Crippen LogP contribution in [0.5, 0.6) is 0 Å². The standard InChI is InChI=1S/C14H13N3O2S2/c15-13-5-6-14(12-4-2-1-3-11(12)13)21(18,19)17-8-10-7-16-9-20-10/h1-7,9,17H,8,15H2. The Kier molecular flexibility index (Phi) is 3.62. The van der Waals surface area contributed by atoms with Crippen molar-refractivity contribution in [3.05, 3.63) is 53.0 Å². The number of aromatic nitrogens is 1. The third-order valence-electron chi connectivity index (χ3n) is 3.13. The molecule has 0 unspecified atom stereocenters. The van der Waals surface area contributed by atoms with Crippen molar-refractivity contribution in [1.29, 1.82) is 0 Å². The summed E-state index contributed by atoms with van der Waals surface area (Å²) in [5.41, 5.74) is 8.13. The second kappa shape index (κ2) is 5.44. The summed E-state index contributed by atoms with van der Waals surface area (Å²) >= 11 is 1.41. The fourth-order valence-electron chi connectivity index (χ4n) is 2.10. The number of nitrogens with one attached hydrogen (secondary N) is 1. The van der Waals surface area contributed by atoms with Gasteiger partial charge < -0.3 is 5.73 Å². The number of fused-ring (bicyclic) bond motifs is 1. The molecule has 0 aliphatic carbocycles. The Hall–Kier alpha value is -1.96. The van der Waals surface area contributed by atoms with Crippen molar-refractivity contribution < 1.29 is 8.42 Å². The summed E-state index contributed by atoms with van der Waals surface area (Å²) in [5, 5.41) is 1.35. The van der Waals surface area contributed by atoms with E-state index in [-0.39, 0.29) is 11.4 Å². The Morgan fingerprint density at radius 2 is 1.90 bits per heavy atom. The first-order valence-corrected chi connectivity index (χ1v) is 8.58. The Balaban J connectivity index is 2.01. The van der Waals surface area contributed by atoms with E-state index in [0.717, 1.165) is 10.3 Å². The first kappa shape index (κ1) is 14.0. The summed E-state index contributed by atoms with van der Waals surface area (Å²) in [7, 11) is -3.61. The third-order valence-corrected chi connectivity index (χ3v) is 5.37. The van der Waals surface area contributed by atoms with Gasteiger partial charge in [0.05, 0.1) is 10.4 Å². The zero-order valence-corrected chi connectivity index (χ0v) is 12.6. The summed E-state index contributed by atoms with van der Waals surface area (Å²) in [5.74, 6) is 0. The molecule has 1 heterocycles. The van der Waals surface area contributed by atoms with Crippen LogP contribution >= 0.6 is 11.3 Å². The lowest BCUT2D eigenvalue weighted by Crippen LogP contribution is -2.23. The highest BCUT2D eigenvalue weighted by Crippen LogP contribution is 2.27. The van der Waals surface area contributed by atoms with Crippen LogP contribution in [0.4, 0.5) is 5.69 Å².